The first-order valence-corrected chi connectivity index (χ1v) is 7.54. The summed E-state index contributed by atoms with van der Waals surface area (Å²) in [4.78, 5) is 1.55. The van der Waals surface area contributed by atoms with Gasteiger partial charge in [0.2, 0.25) is 0 Å². The minimum Gasteiger partial charge on any atom is -0.0799 e. The van der Waals surface area contributed by atoms with Crippen LogP contribution in [-0.4, -0.2) is 9.12 Å². The zero-order valence-electron chi connectivity index (χ0n) is 9.42. The molecule has 0 atom stereocenters. The molecule has 2 heteroatoms. The summed E-state index contributed by atoms with van der Waals surface area (Å²) in [6, 6.07) is 4.48. The second kappa shape index (κ2) is 3.38. The van der Waals surface area contributed by atoms with Crippen molar-refractivity contribution in [3.8, 4) is 0 Å². The van der Waals surface area contributed by atoms with Gasteiger partial charge in [0.15, 0.2) is 0 Å². The van der Waals surface area contributed by atoms with E-state index in [1.807, 2.05) is 0 Å². The Bertz CT molecular complexity index is 648. The molecule has 2 aliphatic carbocycles. The fourth-order valence-electron chi connectivity index (χ4n) is 2.57. The highest BCUT2D eigenvalue weighted by atomic mass is 79.9. The van der Waals surface area contributed by atoms with E-state index in [2.05, 4.69) is 65.8 Å². The van der Waals surface area contributed by atoms with E-state index in [0.29, 0.717) is 9.12 Å². The van der Waals surface area contributed by atoms with Crippen molar-refractivity contribution in [3.05, 3.63) is 50.1 Å². The lowest BCUT2D eigenvalue weighted by Crippen LogP contribution is -2.30. The van der Waals surface area contributed by atoms with Crippen LogP contribution >= 0.6 is 15.9 Å². The Labute approximate surface area is 106 Å². The Morgan fingerprint density at radius 3 is 2.88 bits per heavy atom. The first kappa shape index (κ1) is 10.4. The SMILES string of the molecule is CC1(C)C(Br)=CC=C2C=c3[siH]cccc3=C21. The fraction of sp³-hybridized carbons (Fsp3) is 0.214. The summed E-state index contributed by atoms with van der Waals surface area (Å²) in [5.41, 5.74) is 5.32. The highest BCUT2D eigenvalue weighted by molar-refractivity contribution is 9.11. The van der Waals surface area contributed by atoms with Crippen LogP contribution in [0.3, 0.4) is 0 Å². The quantitative estimate of drug-likeness (QED) is 0.640. The summed E-state index contributed by atoms with van der Waals surface area (Å²) in [6.45, 7) is 4.59. The van der Waals surface area contributed by atoms with Crippen molar-refractivity contribution in [1.29, 1.82) is 0 Å². The normalized spacial score (nSPS) is 20.6. The fourth-order valence-corrected chi connectivity index (χ4v) is 4.02. The van der Waals surface area contributed by atoms with Crippen LogP contribution in [0, 0.1) is 5.41 Å². The first-order chi connectivity index (χ1) is 7.60. The Hall–Kier alpha value is -0.733. The Kier molecular flexibility index (Phi) is 2.20. The van der Waals surface area contributed by atoms with Gasteiger partial charge in [0.1, 0.15) is 0 Å². The van der Waals surface area contributed by atoms with Gasteiger partial charge < -0.3 is 0 Å². The van der Waals surface area contributed by atoms with Crippen LogP contribution < -0.4 is 10.0 Å². The maximum absolute atomic E-state index is 3.70. The first-order valence-electron chi connectivity index (χ1n) is 5.50. The largest absolute Gasteiger partial charge is 0.0799 e. The second-order valence-corrected chi connectivity index (χ2v) is 7.06. The molecule has 0 spiro atoms. The van der Waals surface area contributed by atoms with Crippen molar-refractivity contribution >= 4 is 36.7 Å². The van der Waals surface area contributed by atoms with Crippen LogP contribution in [0.15, 0.2) is 40.0 Å². The molecular formula is C14H13BrSi. The van der Waals surface area contributed by atoms with Crippen LogP contribution in [0.2, 0.25) is 0 Å². The van der Waals surface area contributed by atoms with E-state index in [-0.39, 0.29) is 5.41 Å². The molecule has 0 radical (unpaired) electrons. The van der Waals surface area contributed by atoms with Gasteiger partial charge in [-0.05, 0) is 21.2 Å². The van der Waals surface area contributed by atoms with E-state index in [4.69, 9.17) is 0 Å². The summed E-state index contributed by atoms with van der Waals surface area (Å²) in [5.74, 6) is 0. The Balaban J connectivity index is 2.46. The van der Waals surface area contributed by atoms with Crippen molar-refractivity contribution < 1.29 is 0 Å². The van der Waals surface area contributed by atoms with Crippen LogP contribution in [0.5, 0.6) is 0 Å². The summed E-state index contributed by atoms with van der Waals surface area (Å²) >= 11 is 3.70. The minimum atomic E-state index is 0.110. The molecule has 80 valence electrons. The molecule has 0 nitrogen and oxygen atoms in total. The molecule has 1 aromatic rings. The van der Waals surface area contributed by atoms with Gasteiger partial charge in [-0.25, -0.2) is 0 Å². The van der Waals surface area contributed by atoms with Crippen LogP contribution in [0.25, 0.3) is 11.6 Å². The van der Waals surface area contributed by atoms with Gasteiger partial charge in [0.25, 0.3) is 0 Å². The molecule has 16 heavy (non-hydrogen) atoms. The van der Waals surface area contributed by atoms with Gasteiger partial charge >= 0.3 is 0 Å². The monoisotopic (exact) mass is 288 g/mol. The zero-order chi connectivity index (χ0) is 11.3. The molecule has 0 bridgehead atoms. The van der Waals surface area contributed by atoms with E-state index < -0.39 is 0 Å². The van der Waals surface area contributed by atoms with E-state index >= 15 is 0 Å². The molecule has 0 aliphatic heterocycles. The van der Waals surface area contributed by atoms with E-state index in [9.17, 15) is 0 Å². The van der Waals surface area contributed by atoms with Gasteiger partial charge in [-0.1, -0.05) is 65.8 Å². The molecule has 1 heterocycles. The van der Waals surface area contributed by atoms with Crippen molar-refractivity contribution in [1.82, 2.24) is 0 Å². The number of allylic oxidation sites excluding steroid dienone is 4. The van der Waals surface area contributed by atoms with Gasteiger partial charge in [-0.2, -0.15) is 0 Å². The molecule has 2 aliphatic rings. The highest BCUT2D eigenvalue weighted by Crippen LogP contribution is 2.45. The summed E-state index contributed by atoms with van der Waals surface area (Å²) in [5, 5.41) is 1.47. The lowest BCUT2D eigenvalue weighted by atomic mass is 9.77. The zero-order valence-corrected chi connectivity index (χ0v) is 12.2. The maximum Gasteiger partial charge on any atom is 0.0301 e. The van der Waals surface area contributed by atoms with Gasteiger partial charge in [0.05, 0.1) is 0 Å². The van der Waals surface area contributed by atoms with Gasteiger partial charge in [-0.3, -0.25) is 0 Å². The predicted octanol–water partition coefficient (Wildman–Crippen LogP) is 1.95. The number of rotatable bonds is 0. The van der Waals surface area contributed by atoms with Crippen LogP contribution in [0.1, 0.15) is 13.8 Å². The molecule has 0 fully saturated rings. The average molecular weight is 289 g/mol. The maximum atomic E-state index is 3.70. The molecule has 0 saturated carbocycles. The second-order valence-electron chi connectivity index (χ2n) is 4.87. The molecular weight excluding hydrogens is 276 g/mol. The molecule has 0 saturated heterocycles. The van der Waals surface area contributed by atoms with Gasteiger partial charge in [-0.15, -0.1) is 0 Å². The van der Waals surface area contributed by atoms with Crippen molar-refractivity contribution in [2.75, 3.05) is 0 Å². The van der Waals surface area contributed by atoms with E-state index in [1.165, 1.54) is 20.8 Å². The van der Waals surface area contributed by atoms with Crippen molar-refractivity contribution in [2.24, 2.45) is 5.41 Å². The molecule has 0 N–H and O–H groups in total. The summed E-state index contributed by atoms with van der Waals surface area (Å²) in [6.07, 6.45) is 6.80. The Morgan fingerprint density at radius 1 is 1.25 bits per heavy atom. The lowest BCUT2D eigenvalue weighted by Gasteiger charge is -2.30. The minimum absolute atomic E-state index is 0.110. The third kappa shape index (κ3) is 1.29. The molecule has 0 amide bonds. The average Bonchev–Trinajstić information content (AvgIpc) is 2.63. The third-order valence-electron chi connectivity index (χ3n) is 3.46. The van der Waals surface area contributed by atoms with Crippen molar-refractivity contribution in [2.45, 2.75) is 13.8 Å². The van der Waals surface area contributed by atoms with E-state index in [0.717, 1.165) is 0 Å². The molecule has 3 rings (SSSR count). The number of halogens is 1. The van der Waals surface area contributed by atoms with Crippen LogP contribution in [0.4, 0.5) is 0 Å². The Morgan fingerprint density at radius 2 is 2.06 bits per heavy atom. The topological polar surface area (TPSA) is 0 Å². The number of fused-ring (bicyclic) bond motifs is 2. The smallest absolute Gasteiger partial charge is 0.0301 e. The van der Waals surface area contributed by atoms with Crippen molar-refractivity contribution in [3.63, 3.8) is 0 Å². The van der Waals surface area contributed by atoms with Crippen LogP contribution in [-0.2, 0) is 0 Å². The summed E-state index contributed by atoms with van der Waals surface area (Å²) < 4.78 is 1.28. The standard InChI is InChI=1S/C14H13BrSi/c1-14(2)12(15)6-5-9-8-11-10(13(9)14)4-3-7-16-11/h3-8,16H,1-2H3. The molecule has 1 aromatic heterocycles. The number of hydrogen-bond acceptors (Lipinski definition) is 0. The third-order valence-corrected chi connectivity index (χ3v) is 5.97. The predicted molar refractivity (Wildman–Crippen MR) is 75.2 cm³/mol. The molecule has 0 unspecified atom stereocenters. The number of hydrogen-bond donors (Lipinski definition) is 0. The molecule has 0 aromatic carbocycles. The summed E-state index contributed by atoms with van der Waals surface area (Å²) in [7, 11) is 0.326. The highest BCUT2D eigenvalue weighted by Gasteiger charge is 2.32. The van der Waals surface area contributed by atoms with Gasteiger partial charge in [0, 0.05) is 19.0 Å². The van der Waals surface area contributed by atoms with E-state index in [1.54, 1.807) is 4.83 Å². The lowest BCUT2D eigenvalue weighted by molar-refractivity contribution is 0.635.